The number of rotatable bonds is 7. The Morgan fingerprint density at radius 2 is 1.52 bits per heavy atom. The first-order valence-corrected chi connectivity index (χ1v) is 9.50. The number of nitrogens with one attached hydrogen (secondary N) is 1. The van der Waals surface area contributed by atoms with E-state index in [9.17, 15) is 9.59 Å². The van der Waals surface area contributed by atoms with Gasteiger partial charge >= 0.3 is 0 Å². The van der Waals surface area contributed by atoms with Gasteiger partial charge in [0.2, 0.25) is 5.91 Å². The van der Waals surface area contributed by atoms with Crippen molar-refractivity contribution in [3.8, 4) is 0 Å². The molecule has 0 bridgehead atoms. The van der Waals surface area contributed by atoms with E-state index in [2.05, 4.69) is 15.1 Å². The van der Waals surface area contributed by atoms with Gasteiger partial charge in [-0.15, -0.1) is 0 Å². The highest BCUT2D eigenvalue weighted by Gasteiger charge is 2.26. The Morgan fingerprint density at radius 1 is 0.926 bits per heavy atom. The summed E-state index contributed by atoms with van der Waals surface area (Å²) in [5.41, 5.74) is 1.86. The van der Waals surface area contributed by atoms with E-state index in [1.165, 1.54) is 0 Å². The molecule has 0 aliphatic carbocycles. The lowest BCUT2D eigenvalue weighted by molar-refractivity contribution is -0.122. The average molecular weight is 365 g/mol. The van der Waals surface area contributed by atoms with Gasteiger partial charge in [-0.1, -0.05) is 60.7 Å². The molecule has 1 N–H and O–H groups in total. The lowest BCUT2D eigenvalue weighted by Crippen LogP contribution is -2.53. The number of nitrogens with zero attached hydrogens (tertiary/aromatic N) is 2. The van der Waals surface area contributed by atoms with Crippen LogP contribution >= 0.6 is 0 Å². The van der Waals surface area contributed by atoms with E-state index in [-0.39, 0.29) is 17.7 Å². The molecule has 1 amide bonds. The summed E-state index contributed by atoms with van der Waals surface area (Å²) in [4.78, 5) is 29.1. The van der Waals surface area contributed by atoms with Gasteiger partial charge in [0.05, 0.1) is 12.6 Å². The monoisotopic (exact) mass is 365 g/mol. The second-order valence-electron chi connectivity index (χ2n) is 6.98. The third-order valence-corrected chi connectivity index (χ3v) is 5.09. The second kappa shape index (κ2) is 9.44. The lowest BCUT2D eigenvalue weighted by Gasteiger charge is -2.37. The van der Waals surface area contributed by atoms with Gasteiger partial charge in [-0.3, -0.25) is 19.4 Å². The van der Waals surface area contributed by atoms with Crippen molar-refractivity contribution in [2.45, 2.75) is 19.5 Å². The molecule has 27 heavy (non-hydrogen) atoms. The third kappa shape index (κ3) is 5.49. The van der Waals surface area contributed by atoms with Crippen molar-refractivity contribution in [2.75, 3.05) is 32.7 Å². The quantitative estimate of drug-likeness (QED) is 0.765. The number of benzene rings is 2. The normalized spacial score (nSPS) is 16.6. The summed E-state index contributed by atoms with van der Waals surface area (Å²) in [5, 5.41) is 2.97. The van der Waals surface area contributed by atoms with Crippen LogP contribution in [0.5, 0.6) is 0 Å². The molecular formula is C22H27N3O2. The van der Waals surface area contributed by atoms with Crippen molar-refractivity contribution in [3.63, 3.8) is 0 Å². The Labute approximate surface area is 161 Å². The Morgan fingerprint density at radius 3 is 2.15 bits per heavy atom. The summed E-state index contributed by atoms with van der Waals surface area (Å²) >= 11 is 0. The standard InChI is InChI=1S/C22H27N3O2/c1-18(22(27)20-10-6-3-7-11-20)25-14-12-24(13-15-25)17-21(26)23-16-19-8-4-2-5-9-19/h2-11,18H,12-17H2,1H3,(H,23,26). The van der Waals surface area contributed by atoms with E-state index in [1.54, 1.807) is 0 Å². The average Bonchev–Trinajstić information content (AvgIpc) is 2.73. The molecule has 1 aliphatic heterocycles. The minimum absolute atomic E-state index is 0.0423. The van der Waals surface area contributed by atoms with Crippen molar-refractivity contribution in [1.82, 2.24) is 15.1 Å². The Kier molecular flexibility index (Phi) is 6.74. The number of hydrogen-bond donors (Lipinski definition) is 1. The fourth-order valence-electron chi connectivity index (χ4n) is 3.37. The van der Waals surface area contributed by atoms with Gasteiger partial charge < -0.3 is 5.32 Å². The SMILES string of the molecule is CC(C(=O)c1ccccc1)N1CCN(CC(=O)NCc2ccccc2)CC1. The predicted octanol–water partition coefficient (Wildman–Crippen LogP) is 2.19. The molecule has 2 aromatic carbocycles. The highest BCUT2D eigenvalue weighted by Crippen LogP contribution is 2.12. The number of ketones is 1. The van der Waals surface area contributed by atoms with Crippen LogP contribution in [0.15, 0.2) is 60.7 Å². The molecule has 1 saturated heterocycles. The molecule has 1 aliphatic rings. The molecule has 0 aromatic heterocycles. The van der Waals surface area contributed by atoms with Crippen molar-refractivity contribution in [1.29, 1.82) is 0 Å². The maximum Gasteiger partial charge on any atom is 0.234 e. The molecule has 1 fully saturated rings. The van der Waals surface area contributed by atoms with E-state index < -0.39 is 0 Å². The minimum Gasteiger partial charge on any atom is -0.351 e. The molecule has 142 valence electrons. The molecule has 2 aromatic rings. The Balaban J connectivity index is 1.42. The van der Waals surface area contributed by atoms with E-state index in [0.29, 0.717) is 13.1 Å². The van der Waals surface area contributed by atoms with Gasteiger partial charge in [0, 0.05) is 38.3 Å². The zero-order valence-electron chi connectivity index (χ0n) is 15.8. The van der Waals surface area contributed by atoms with Gasteiger partial charge in [0.15, 0.2) is 5.78 Å². The number of Topliss-reactive ketones (excluding diaryl/α,β-unsaturated/α-hetero) is 1. The molecular weight excluding hydrogens is 338 g/mol. The smallest absolute Gasteiger partial charge is 0.234 e. The largest absolute Gasteiger partial charge is 0.351 e. The zero-order valence-corrected chi connectivity index (χ0v) is 15.8. The molecule has 1 atom stereocenters. The highest BCUT2D eigenvalue weighted by atomic mass is 16.2. The number of carbonyl (C=O) groups excluding carboxylic acids is 2. The molecule has 5 heteroatoms. The van der Waals surface area contributed by atoms with Crippen LogP contribution in [-0.2, 0) is 11.3 Å². The Hall–Kier alpha value is -2.50. The van der Waals surface area contributed by atoms with Crippen molar-refractivity contribution in [3.05, 3.63) is 71.8 Å². The molecule has 0 spiro atoms. The van der Waals surface area contributed by atoms with Crippen LogP contribution in [0.25, 0.3) is 0 Å². The van der Waals surface area contributed by atoms with Crippen molar-refractivity contribution in [2.24, 2.45) is 0 Å². The maximum absolute atomic E-state index is 12.6. The van der Waals surface area contributed by atoms with Crippen LogP contribution < -0.4 is 5.32 Å². The van der Waals surface area contributed by atoms with Crippen LogP contribution in [-0.4, -0.2) is 60.3 Å². The predicted molar refractivity (Wildman–Crippen MR) is 107 cm³/mol. The maximum atomic E-state index is 12.6. The van der Waals surface area contributed by atoms with Gasteiger partial charge in [0.1, 0.15) is 0 Å². The van der Waals surface area contributed by atoms with Crippen LogP contribution in [0.4, 0.5) is 0 Å². The van der Waals surface area contributed by atoms with Gasteiger partial charge in [-0.05, 0) is 12.5 Å². The molecule has 5 nitrogen and oxygen atoms in total. The summed E-state index contributed by atoms with van der Waals surface area (Å²) in [6.45, 7) is 6.12. The van der Waals surface area contributed by atoms with Crippen LogP contribution in [0.2, 0.25) is 0 Å². The summed E-state index contributed by atoms with van der Waals surface area (Å²) in [7, 11) is 0. The topological polar surface area (TPSA) is 52.7 Å². The summed E-state index contributed by atoms with van der Waals surface area (Å²) < 4.78 is 0. The van der Waals surface area contributed by atoms with Gasteiger partial charge in [-0.25, -0.2) is 0 Å². The van der Waals surface area contributed by atoms with Crippen molar-refractivity contribution < 1.29 is 9.59 Å². The molecule has 0 radical (unpaired) electrons. The highest BCUT2D eigenvalue weighted by molar-refractivity contribution is 5.99. The zero-order chi connectivity index (χ0) is 19.1. The first kappa shape index (κ1) is 19.3. The fourth-order valence-corrected chi connectivity index (χ4v) is 3.37. The number of carbonyl (C=O) groups is 2. The van der Waals surface area contributed by atoms with E-state index >= 15 is 0 Å². The van der Waals surface area contributed by atoms with Crippen molar-refractivity contribution >= 4 is 11.7 Å². The summed E-state index contributed by atoms with van der Waals surface area (Å²) in [6.07, 6.45) is 0. The lowest BCUT2D eigenvalue weighted by atomic mass is 10.0. The fraction of sp³-hybridized carbons (Fsp3) is 0.364. The van der Waals surface area contributed by atoms with E-state index in [4.69, 9.17) is 0 Å². The first-order chi connectivity index (χ1) is 13.1. The molecule has 0 saturated carbocycles. The van der Waals surface area contributed by atoms with E-state index in [1.807, 2.05) is 67.6 Å². The molecule has 1 heterocycles. The second-order valence-corrected chi connectivity index (χ2v) is 6.98. The Bertz CT molecular complexity index is 741. The van der Waals surface area contributed by atoms with Crippen LogP contribution in [0.3, 0.4) is 0 Å². The molecule has 1 unspecified atom stereocenters. The number of amides is 1. The minimum atomic E-state index is -0.138. The summed E-state index contributed by atoms with van der Waals surface area (Å²) in [5.74, 6) is 0.199. The summed E-state index contributed by atoms with van der Waals surface area (Å²) in [6, 6.07) is 19.2. The molecule has 3 rings (SSSR count). The number of piperazine rings is 1. The van der Waals surface area contributed by atoms with E-state index in [0.717, 1.165) is 37.3 Å². The third-order valence-electron chi connectivity index (χ3n) is 5.09. The van der Waals surface area contributed by atoms with Gasteiger partial charge in [0.25, 0.3) is 0 Å². The van der Waals surface area contributed by atoms with Crippen LogP contribution in [0, 0.1) is 0 Å². The van der Waals surface area contributed by atoms with Crippen LogP contribution in [0.1, 0.15) is 22.8 Å². The number of hydrogen-bond acceptors (Lipinski definition) is 4. The first-order valence-electron chi connectivity index (χ1n) is 9.50. The van der Waals surface area contributed by atoms with Gasteiger partial charge in [-0.2, -0.15) is 0 Å².